The zero-order valence-electron chi connectivity index (χ0n) is 19.9. The molecule has 0 radical (unpaired) electrons. The molecule has 1 heterocycles. The molecule has 3 atom stereocenters. The number of rotatable bonds is 5. The standard InChI is InChI=1S/C30H34O3/c1-29(2)26-19-23-14-15-25(32-20-22-12-8-5-9-13-22)24(18-21-10-6-4-7-11-21)28(23)33-30(26,3)17-16-27(29)31/h4-15,26-27,31H,16-20H2,1-3H3/t26-,27-,30-/m1/s1. The number of hydrogen-bond donors (Lipinski definition) is 1. The van der Waals surface area contributed by atoms with E-state index < -0.39 is 0 Å². The highest BCUT2D eigenvalue weighted by Crippen LogP contribution is 2.54. The predicted octanol–water partition coefficient (Wildman–Crippen LogP) is 6.35. The molecule has 2 aliphatic rings. The van der Waals surface area contributed by atoms with Crippen molar-refractivity contribution < 1.29 is 14.6 Å². The first-order valence-electron chi connectivity index (χ1n) is 12.1. The molecule has 3 heteroatoms. The topological polar surface area (TPSA) is 38.7 Å². The van der Waals surface area contributed by atoms with Gasteiger partial charge >= 0.3 is 0 Å². The lowest BCUT2D eigenvalue weighted by molar-refractivity contribution is -0.138. The zero-order valence-corrected chi connectivity index (χ0v) is 19.9. The lowest BCUT2D eigenvalue weighted by atomic mass is 9.57. The minimum absolute atomic E-state index is 0.188. The van der Waals surface area contributed by atoms with Gasteiger partial charge in [0, 0.05) is 17.9 Å². The van der Waals surface area contributed by atoms with E-state index in [4.69, 9.17) is 9.47 Å². The second kappa shape index (κ2) is 8.53. The van der Waals surface area contributed by atoms with Gasteiger partial charge in [0.05, 0.1) is 6.10 Å². The van der Waals surface area contributed by atoms with Crippen molar-refractivity contribution in [2.75, 3.05) is 0 Å². The Hall–Kier alpha value is -2.78. The molecule has 1 N–H and O–H groups in total. The maximum absolute atomic E-state index is 10.7. The van der Waals surface area contributed by atoms with Gasteiger partial charge in [0.2, 0.25) is 0 Å². The second-order valence-electron chi connectivity index (χ2n) is 10.5. The average molecular weight is 443 g/mol. The molecule has 1 aliphatic carbocycles. The van der Waals surface area contributed by atoms with Crippen LogP contribution in [0.1, 0.15) is 55.9 Å². The van der Waals surface area contributed by atoms with Crippen LogP contribution in [0.25, 0.3) is 0 Å². The molecule has 5 rings (SSSR count). The Morgan fingerprint density at radius 1 is 0.909 bits per heavy atom. The maximum Gasteiger partial charge on any atom is 0.130 e. The van der Waals surface area contributed by atoms with Gasteiger partial charge in [-0.1, -0.05) is 80.6 Å². The first kappa shape index (κ1) is 22.0. The van der Waals surface area contributed by atoms with E-state index in [1.165, 1.54) is 11.1 Å². The van der Waals surface area contributed by atoms with Crippen LogP contribution >= 0.6 is 0 Å². The fourth-order valence-electron chi connectivity index (χ4n) is 5.83. The van der Waals surface area contributed by atoms with Gasteiger partial charge in [0.25, 0.3) is 0 Å². The van der Waals surface area contributed by atoms with Gasteiger partial charge in [-0.15, -0.1) is 0 Å². The normalized spacial score (nSPS) is 25.5. The van der Waals surface area contributed by atoms with Crippen molar-refractivity contribution >= 4 is 0 Å². The summed E-state index contributed by atoms with van der Waals surface area (Å²) in [5.74, 6) is 2.14. The number of benzene rings is 3. The molecule has 1 saturated carbocycles. The molecule has 172 valence electrons. The lowest BCUT2D eigenvalue weighted by Crippen LogP contribution is -2.58. The molecule has 0 spiro atoms. The molecule has 33 heavy (non-hydrogen) atoms. The minimum Gasteiger partial charge on any atom is -0.488 e. The van der Waals surface area contributed by atoms with Crippen molar-refractivity contribution in [1.29, 1.82) is 0 Å². The van der Waals surface area contributed by atoms with Crippen molar-refractivity contribution in [3.8, 4) is 11.5 Å². The number of fused-ring (bicyclic) bond motifs is 2. The Kier molecular flexibility index (Phi) is 5.70. The van der Waals surface area contributed by atoms with Gasteiger partial charge < -0.3 is 14.6 Å². The summed E-state index contributed by atoms with van der Waals surface area (Å²) in [5, 5.41) is 10.7. The van der Waals surface area contributed by atoms with Crippen molar-refractivity contribution in [2.24, 2.45) is 11.3 Å². The molecule has 0 unspecified atom stereocenters. The molecule has 3 nitrogen and oxygen atoms in total. The number of aliphatic hydroxyl groups excluding tert-OH is 1. The van der Waals surface area contributed by atoms with E-state index >= 15 is 0 Å². The van der Waals surface area contributed by atoms with Crippen LogP contribution in [0.4, 0.5) is 0 Å². The summed E-state index contributed by atoms with van der Waals surface area (Å²) in [5.41, 5.74) is 4.25. The Morgan fingerprint density at radius 3 is 2.27 bits per heavy atom. The van der Waals surface area contributed by atoms with Gasteiger partial charge in [-0.25, -0.2) is 0 Å². The summed E-state index contributed by atoms with van der Waals surface area (Å²) in [7, 11) is 0. The van der Waals surface area contributed by atoms with Crippen LogP contribution in [-0.2, 0) is 19.4 Å². The Bertz CT molecular complexity index is 1110. The summed E-state index contributed by atoms with van der Waals surface area (Å²) >= 11 is 0. The fourth-order valence-corrected chi connectivity index (χ4v) is 5.83. The van der Waals surface area contributed by atoms with Crippen LogP contribution in [0.3, 0.4) is 0 Å². The van der Waals surface area contributed by atoms with Crippen molar-refractivity contribution in [2.45, 2.75) is 64.8 Å². The Balaban J connectivity index is 1.54. The second-order valence-corrected chi connectivity index (χ2v) is 10.5. The van der Waals surface area contributed by atoms with Crippen LogP contribution < -0.4 is 9.47 Å². The Morgan fingerprint density at radius 2 is 1.58 bits per heavy atom. The largest absolute Gasteiger partial charge is 0.488 e. The summed E-state index contributed by atoms with van der Waals surface area (Å²) < 4.78 is 13.3. The van der Waals surface area contributed by atoms with Crippen LogP contribution in [0.5, 0.6) is 11.5 Å². The number of aliphatic hydroxyl groups is 1. The smallest absolute Gasteiger partial charge is 0.130 e. The molecule has 0 saturated heterocycles. The van der Waals surface area contributed by atoms with Crippen LogP contribution in [-0.4, -0.2) is 16.8 Å². The fraction of sp³-hybridized carbons (Fsp3) is 0.400. The summed E-state index contributed by atoms with van der Waals surface area (Å²) in [6.45, 7) is 7.14. The van der Waals surface area contributed by atoms with E-state index in [9.17, 15) is 5.11 Å². The van der Waals surface area contributed by atoms with E-state index in [1.807, 2.05) is 24.3 Å². The third-order valence-electron chi connectivity index (χ3n) is 7.93. The summed E-state index contributed by atoms with van der Waals surface area (Å²) in [4.78, 5) is 0. The number of ether oxygens (including phenoxy) is 2. The molecule has 3 aromatic carbocycles. The monoisotopic (exact) mass is 442 g/mol. The quantitative estimate of drug-likeness (QED) is 0.501. The van der Waals surface area contributed by atoms with Gasteiger partial charge in [0.15, 0.2) is 0 Å². The van der Waals surface area contributed by atoms with E-state index in [-0.39, 0.29) is 23.0 Å². The molecule has 1 fully saturated rings. The SMILES string of the molecule is CC1(C)[C@H](O)CC[C@@]2(C)Oc3c(ccc(OCc4ccccc4)c3Cc3ccccc3)C[C@H]12. The molecule has 1 aliphatic heterocycles. The summed E-state index contributed by atoms with van der Waals surface area (Å²) in [6, 6.07) is 25.1. The Labute approximate surface area is 197 Å². The predicted molar refractivity (Wildman–Crippen MR) is 132 cm³/mol. The van der Waals surface area contributed by atoms with Crippen molar-refractivity contribution in [3.05, 3.63) is 95.1 Å². The molecular weight excluding hydrogens is 408 g/mol. The third kappa shape index (κ3) is 4.15. The van der Waals surface area contributed by atoms with E-state index in [0.29, 0.717) is 6.61 Å². The van der Waals surface area contributed by atoms with Crippen LogP contribution in [0.15, 0.2) is 72.8 Å². The molecular formula is C30H34O3. The molecule has 0 amide bonds. The minimum atomic E-state index is -0.294. The zero-order chi connectivity index (χ0) is 23.1. The molecule has 0 bridgehead atoms. The number of hydrogen-bond acceptors (Lipinski definition) is 3. The van der Waals surface area contributed by atoms with Crippen molar-refractivity contribution in [3.63, 3.8) is 0 Å². The van der Waals surface area contributed by atoms with Gasteiger partial charge in [-0.05, 0) is 54.4 Å². The highest BCUT2D eigenvalue weighted by molar-refractivity contribution is 5.54. The lowest BCUT2D eigenvalue weighted by Gasteiger charge is -2.55. The highest BCUT2D eigenvalue weighted by Gasteiger charge is 2.54. The van der Waals surface area contributed by atoms with E-state index in [2.05, 4.69) is 69.3 Å². The maximum atomic E-state index is 10.7. The molecule has 3 aromatic rings. The van der Waals surface area contributed by atoms with E-state index in [1.54, 1.807) is 0 Å². The van der Waals surface area contributed by atoms with Crippen LogP contribution in [0.2, 0.25) is 0 Å². The van der Waals surface area contributed by atoms with Crippen molar-refractivity contribution in [1.82, 2.24) is 0 Å². The highest BCUT2D eigenvalue weighted by atomic mass is 16.5. The van der Waals surface area contributed by atoms with E-state index in [0.717, 1.165) is 48.3 Å². The first-order chi connectivity index (χ1) is 15.9. The first-order valence-corrected chi connectivity index (χ1v) is 12.1. The van der Waals surface area contributed by atoms with Gasteiger partial charge in [-0.2, -0.15) is 0 Å². The van der Waals surface area contributed by atoms with Gasteiger partial charge in [0.1, 0.15) is 23.7 Å². The third-order valence-corrected chi connectivity index (χ3v) is 7.93. The average Bonchev–Trinajstić information content (AvgIpc) is 2.82. The van der Waals surface area contributed by atoms with Gasteiger partial charge in [-0.3, -0.25) is 0 Å². The summed E-state index contributed by atoms with van der Waals surface area (Å²) in [6.07, 6.45) is 3.02. The molecule has 0 aromatic heterocycles. The van der Waals surface area contributed by atoms with Crippen LogP contribution in [0, 0.1) is 11.3 Å².